The van der Waals surface area contributed by atoms with Gasteiger partial charge in [-0.25, -0.2) is 9.97 Å². The summed E-state index contributed by atoms with van der Waals surface area (Å²) in [5, 5.41) is 10.5. The highest BCUT2D eigenvalue weighted by Gasteiger charge is 2.31. The number of benzene rings is 1. The van der Waals surface area contributed by atoms with Crippen molar-refractivity contribution < 1.29 is 9.53 Å². The monoisotopic (exact) mass is 423 g/mol. The summed E-state index contributed by atoms with van der Waals surface area (Å²) in [4.78, 5) is 24.0. The summed E-state index contributed by atoms with van der Waals surface area (Å²) in [6.07, 6.45) is 4.22. The highest BCUT2D eigenvalue weighted by atomic mass is 32.1. The molecule has 1 aliphatic heterocycles. The number of aryl methyl sites for hydroxylation is 1. The zero-order valence-corrected chi connectivity index (χ0v) is 17.8. The van der Waals surface area contributed by atoms with Crippen molar-refractivity contribution in [2.75, 3.05) is 13.1 Å². The van der Waals surface area contributed by atoms with Crippen LogP contribution in [0.15, 0.2) is 29.6 Å². The van der Waals surface area contributed by atoms with Crippen LogP contribution in [0.5, 0.6) is 5.75 Å². The summed E-state index contributed by atoms with van der Waals surface area (Å²) in [7, 11) is 0. The molecule has 1 aliphatic carbocycles. The summed E-state index contributed by atoms with van der Waals surface area (Å²) in [5.74, 6) is 3.61. The van der Waals surface area contributed by atoms with Crippen LogP contribution in [0.4, 0.5) is 0 Å². The van der Waals surface area contributed by atoms with Crippen LogP contribution in [0.1, 0.15) is 70.2 Å². The molecule has 3 aromatic rings. The van der Waals surface area contributed by atoms with Gasteiger partial charge >= 0.3 is 0 Å². The molecule has 0 radical (unpaired) electrons. The number of aromatic amines is 1. The van der Waals surface area contributed by atoms with Crippen LogP contribution in [0, 0.1) is 6.92 Å². The third-order valence-corrected chi connectivity index (χ3v) is 6.59. The SMILES string of the molecule is Cc1nc(COc2cccc(C(=O)N3CCC(c4nc(C5CC5)n[nH]4)CC3)c2)cs1. The molecular formula is C22H25N5O2S. The van der Waals surface area contributed by atoms with Gasteiger partial charge in [0.05, 0.1) is 10.7 Å². The number of carbonyl (C=O) groups excluding carboxylic acids is 1. The van der Waals surface area contributed by atoms with Crippen LogP contribution < -0.4 is 4.74 Å². The van der Waals surface area contributed by atoms with Crippen LogP contribution in [0.2, 0.25) is 0 Å². The highest BCUT2D eigenvalue weighted by molar-refractivity contribution is 7.09. The fourth-order valence-electron chi connectivity index (χ4n) is 3.88. The van der Waals surface area contributed by atoms with Crippen molar-refractivity contribution >= 4 is 17.2 Å². The number of aromatic nitrogens is 4. The van der Waals surface area contributed by atoms with E-state index in [0.717, 1.165) is 48.3 Å². The zero-order chi connectivity index (χ0) is 20.5. The number of hydrogen-bond acceptors (Lipinski definition) is 6. The molecule has 0 bridgehead atoms. The lowest BCUT2D eigenvalue weighted by molar-refractivity contribution is 0.0710. The Morgan fingerprint density at radius 1 is 1.20 bits per heavy atom. The van der Waals surface area contributed by atoms with Crippen LogP contribution in [-0.2, 0) is 6.61 Å². The molecule has 0 unspecified atom stereocenters. The summed E-state index contributed by atoms with van der Waals surface area (Å²) < 4.78 is 5.84. The number of rotatable bonds is 6. The summed E-state index contributed by atoms with van der Waals surface area (Å²) >= 11 is 1.61. The number of H-pyrrole nitrogens is 1. The number of thiazole rings is 1. The lowest BCUT2D eigenvalue weighted by Gasteiger charge is -2.31. The Bertz CT molecular complexity index is 1030. The number of amides is 1. The average Bonchev–Trinajstić information content (AvgIpc) is 3.36. The summed E-state index contributed by atoms with van der Waals surface area (Å²) in [6.45, 7) is 3.84. The van der Waals surface area contributed by atoms with Crippen molar-refractivity contribution in [2.45, 2.75) is 51.0 Å². The lowest BCUT2D eigenvalue weighted by atomic mass is 9.95. The lowest BCUT2D eigenvalue weighted by Crippen LogP contribution is -2.38. The third-order valence-electron chi connectivity index (χ3n) is 5.77. The molecule has 1 saturated heterocycles. The summed E-state index contributed by atoms with van der Waals surface area (Å²) in [5.41, 5.74) is 1.57. The first-order chi connectivity index (χ1) is 14.7. The molecule has 2 aliphatic rings. The molecule has 1 N–H and O–H groups in total. The van der Waals surface area contributed by atoms with Gasteiger partial charge in [0, 0.05) is 35.9 Å². The quantitative estimate of drug-likeness (QED) is 0.647. The maximum absolute atomic E-state index is 13.0. The smallest absolute Gasteiger partial charge is 0.253 e. The van der Waals surface area contributed by atoms with E-state index < -0.39 is 0 Å². The Morgan fingerprint density at radius 3 is 2.77 bits per heavy atom. The predicted octanol–water partition coefficient (Wildman–Crippen LogP) is 4.05. The molecule has 1 saturated carbocycles. The van der Waals surface area contributed by atoms with E-state index in [-0.39, 0.29) is 5.91 Å². The highest BCUT2D eigenvalue weighted by Crippen LogP contribution is 2.38. The molecule has 3 heterocycles. The minimum atomic E-state index is 0.0552. The number of piperidine rings is 1. The fraction of sp³-hybridized carbons (Fsp3) is 0.455. The number of nitrogens with one attached hydrogen (secondary N) is 1. The van der Waals surface area contributed by atoms with Crippen molar-refractivity contribution in [1.29, 1.82) is 0 Å². The second-order valence-corrected chi connectivity index (χ2v) is 9.16. The van der Waals surface area contributed by atoms with E-state index in [0.29, 0.717) is 29.8 Å². The Kier molecular flexibility index (Phi) is 5.25. The van der Waals surface area contributed by atoms with Gasteiger partial charge < -0.3 is 9.64 Å². The van der Waals surface area contributed by atoms with Gasteiger partial charge in [-0.05, 0) is 50.8 Å². The van der Waals surface area contributed by atoms with Gasteiger partial charge in [0.15, 0.2) is 5.82 Å². The van der Waals surface area contributed by atoms with Crippen LogP contribution >= 0.6 is 11.3 Å². The molecule has 1 amide bonds. The van der Waals surface area contributed by atoms with Crippen molar-refractivity contribution in [3.8, 4) is 5.75 Å². The van der Waals surface area contributed by atoms with E-state index in [1.807, 2.05) is 41.5 Å². The molecule has 2 aromatic heterocycles. The third kappa shape index (κ3) is 4.23. The molecule has 7 nitrogen and oxygen atoms in total. The topological polar surface area (TPSA) is 84.0 Å². The van der Waals surface area contributed by atoms with Crippen molar-refractivity contribution in [1.82, 2.24) is 25.1 Å². The fourth-order valence-corrected chi connectivity index (χ4v) is 4.48. The van der Waals surface area contributed by atoms with Crippen molar-refractivity contribution in [3.63, 3.8) is 0 Å². The maximum Gasteiger partial charge on any atom is 0.253 e. The molecule has 8 heteroatoms. The maximum atomic E-state index is 13.0. The number of ether oxygens (including phenoxy) is 1. The molecule has 0 atom stereocenters. The Balaban J connectivity index is 1.17. The van der Waals surface area contributed by atoms with Gasteiger partial charge in [-0.2, -0.15) is 5.10 Å². The van der Waals surface area contributed by atoms with Crippen LogP contribution in [0.3, 0.4) is 0 Å². The first-order valence-corrected chi connectivity index (χ1v) is 11.4. The molecule has 30 heavy (non-hydrogen) atoms. The van der Waals surface area contributed by atoms with E-state index >= 15 is 0 Å². The van der Waals surface area contributed by atoms with Crippen molar-refractivity contribution in [3.05, 3.63) is 57.6 Å². The summed E-state index contributed by atoms with van der Waals surface area (Å²) in [6, 6.07) is 7.43. The van der Waals surface area contributed by atoms with Gasteiger partial charge in [-0.1, -0.05) is 6.07 Å². The van der Waals surface area contributed by atoms with Gasteiger partial charge in [-0.3, -0.25) is 9.89 Å². The molecule has 0 spiro atoms. The average molecular weight is 424 g/mol. The zero-order valence-electron chi connectivity index (χ0n) is 17.0. The second-order valence-electron chi connectivity index (χ2n) is 8.09. The first-order valence-electron chi connectivity index (χ1n) is 10.5. The predicted molar refractivity (Wildman–Crippen MR) is 114 cm³/mol. The minimum Gasteiger partial charge on any atom is -0.487 e. The van der Waals surface area contributed by atoms with Gasteiger partial charge in [0.2, 0.25) is 0 Å². The van der Waals surface area contributed by atoms with Crippen molar-refractivity contribution in [2.24, 2.45) is 0 Å². The van der Waals surface area contributed by atoms with Gasteiger partial charge in [-0.15, -0.1) is 11.3 Å². The number of likely N-dealkylation sites (tertiary alicyclic amines) is 1. The van der Waals surface area contributed by atoms with E-state index in [2.05, 4.69) is 15.2 Å². The molecule has 2 fully saturated rings. The second kappa shape index (κ2) is 8.18. The van der Waals surface area contributed by atoms with E-state index in [4.69, 9.17) is 9.72 Å². The van der Waals surface area contributed by atoms with E-state index in [1.165, 1.54) is 12.8 Å². The number of hydrogen-bond donors (Lipinski definition) is 1. The number of nitrogens with zero attached hydrogens (tertiary/aromatic N) is 4. The normalized spacial score (nSPS) is 17.3. The molecule has 5 rings (SSSR count). The van der Waals surface area contributed by atoms with E-state index in [9.17, 15) is 4.79 Å². The molecular weight excluding hydrogens is 398 g/mol. The Labute approximate surface area is 179 Å². The van der Waals surface area contributed by atoms with Crippen LogP contribution in [0.25, 0.3) is 0 Å². The standard InChI is InChI=1S/C22H25N5O2S/c1-14-23-18(13-30-14)12-29-19-4-2-3-17(11-19)22(28)27-9-7-16(8-10-27)21-24-20(25-26-21)15-5-6-15/h2-4,11,13,15-16H,5-10,12H2,1H3,(H,24,25,26). The Morgan fingerprint density at radius 2 is 2.03 bits per heavy atom. The van der Waals surface area contributed by atoms with Gasteiger partial charge in [0.1, 0.15) is 18.2 Å². The first kappa shape index (κ1) is 19.2. The molecule has 1 aromatic carbocycles. The van der Waals surface area contributed by atoms with Crippen LogP contribution in [-0.4, -0.2) is 44.1 Å². The minimum absolute atomic E-state index is 0.0552. The largest absolute Gasteiger partial charge is 0.487 e. The van der Waals surface area contributed by atoms with Gasteiger partial charge in [0.25, 0.3) is 5.91 Å². The Hall–Kier alpha value is -2.74. The number of carbonyl (C=O) groups is 1. The molecule has 156 valence electrons. The van der Waals surface area contributed by atoms with E-state index in [1.54, 1.807) is 11.3 Å².